The Hall–Kier alpha value is -3.15. The van der Waals surface area contributed by atoms with E-state index in [0.29, 0.717) is 32.3 Å². The lowest BCUT2D eigenvalue weighted by atomic mass is 10.2. The molecule has 0 spiro atoms. The van der Waals surface area contributed by atoms with Crippen LogP contribution in [-0.4, -0.2) is 19.6 Å². The molecule has 0 aliphatic carbocycles. The van der Waals surface area contributed by atoms with Crippen LogP contribution < -0.4 is 5.56 Å². The first-order valence-corrected chi connectivity index (χ1v) is 9.52. The number of aliphatic hydroxyl groups excluding tert-OH is 1. The van der Waals surface area contributed by atoms with Gasteiger partial charge in [-0.15, -0.1) is 0 Å². The monoisotopic (exact) mass is 423 g/mol. The van der Waals surface area contributed by atoms with Crippen molar-refractivity contribution in [3.63, 3.8) is 0 Å². The van der Waals surface area contributed by atoms with Gasteiger partial charge in [-0.25, -0.2) is 9.97 Å². The standard InChI is InChI=1S/C22H15Cl2N3O2/c1-13-6-4-11-18(25-13)19(28)12-20-26-17-10-3-2-7-14(17)22(29)27(20)21-15(23)8-5-9-16(21)24/h2-12,28H,1H3/b19-12-. The summed E-state index contributed by atoms with van der Waals surface area (Å²) >= 11 is 12.7. The zero-order valence-corrected chi connectivity index (χ0v) is 16.8. The van der Waals surface area contributed by atoms with Gasteiger partial charge in [0.1, 0.15) is 17.3 Å². The van der Waals surface area contributed by atoms with Gasteiger partial charge in [0.25, 0.3) is 5.56 Å². The van der Waals surface area contributed by atoms with Crippen LogP contribution in [0.5, 0.6) is 0 Å². The van der Waals surface area contributed by atoms with Crippen LogP contribution in [0.2, 0.25) is 10.0 Å². The van der Waals surface area contributed by atoms with Gasteiger partial charge in [0.2, 0.25) is 0 Å². The molecule has 7 heteroatoms. The number of benzene rings is 2. The molecular weight excluding hydrogens is 409 g/mol. The molecule has 29 heavy (non-hydrogen) atoms. The van der Waals surface area contributed by atoms with E-state index in [-0.39, 0.29) is 17.1 Å². The number of hydrogen-bond donors (Lipinski definition) is 1. The number of para-hydroxylation sites is 2. The zero-order valence-electron chi connectivity index (χ0n) is 15.3. The molecule has 5 nitrogen and oxygen atoms in total. The summed E-state index contributed by atoms with van der Waals surface area (Å²) in [5.74, 6) is 0.0531. The van der Waals surface area contributed by atoms with E-state index in [1.54, 1.807) is 54.6 Å². The summed E-state index contributed by atoms with van der Waals surface area (Å²) in [4.78, 5) is 22.2. The molecule has 0 saturated carbocycles. The predicted molar refractivity (Wildman–Crippen MR) is 117 cm³/mol. The Morgan fingerprint density at radius 1 is 0.966 bits per heavy atom. The first-order valence-electron chi connectivity index (χ1n) is 8.76. The predicted octanol–water partition coefficient (Wildman–Crippen LogP) is 5.45. The molecule has 144 valence electrons. The third-order valence-electron chi connectivity index (χ3n) is 4.38. The summed E-state index contributed by atoms with van der Waals surface area (Å²) < 4.78 is 1.30. The number of nitrogens with zero attached hydrogens (tertiary/aromatic N) is 3. The smallest absolute Gasteiger partial charge is 0.266 e. The Labute approximate surface area is 176 Å². The lowest BCUT2D eigenvalue weighted by Crippen LogP contribution is -2.23. The quantitative estimate of drug-likeness (QED) is 0.444. The highest BCUT2D eigenvalue weighted by atomic mass is 35.5. The minimum Gasteiger partial charge on any atom is -0.506 e. The van der Waals surface area contributed by atoms with Crippen LogP contribution in [0.15, 0.2) is 65.5 Å². The first kappa shape index (κ1) is 19.2. The van der Waals surface area contributed by atoms with Crippen molar-refractivity contribution in [1.82, 2.24) is 14.5 Å². The summed E-state index contributed by atoms with van der Waals surface area (Å²) in [5.41, 5.74) is 1.56. The van der Waals surface area contributed by atoms with Crippen molar-refractivity contribution < 1.29 is 5.11 Å². The number of aryl methyl sites for hydroxylation is 1. The van der Waals surface area contributed by atoms with E-state index in [4.69, 9.17) is 23.2 Å². The molecule has 2 aromatic carbocycles. The van der Waals surface area contributed by atoms with Crippen molar-refractivity contribution in [2.24, 2.45) is 0 Å². The van der Waals surface area contributed by atoms with E-state index in [1.807, 2.05) is 13.0 Å². The second-order valence-electron chi connectivity index (χ2n) is 6.39. The van der Waals surface area contributed by atoms with Crippen LogP contribution in [0.25, 0.3) is 28.4 Å². The molecule has 2 aromatic heterocycles. The molecule has 0 radical (unpaired) electrons. The molecule has 0 fully saturated rings. The van der Waals surface area contributed by atoms with Gasteiger partial charge in [0.15, 0.2) is 0 Å². The Morgan fingerprint density at radius 3 is 2.38 bits per heavy atom. The van der Waals surface area contributed by atoms with Crippen molar-refractivity contribution in [3.05, 3.63) is 98.3 Å². The van der Waals surface area contributed by atoms with E-state index in [2.05, 4.69) is 9.97 Å². The molecule has 0 amide bonds. The Kier molecular flexibility index (Phi) is 5.09. The maximum Gasteiger partial charge on any atom is 0.266 e. The van der Waals surface area contributed by atoms with Gasteiger partial charge < -0.3 is 5.11 Å². The zero-order chi connectivity index (χ0) is 20.5. The number of pyridine rings is 1. The van der Waals surface area contributed by atoms with Crippen LogP contribution in [0, 0.1) is 6.92 Å². The number of halogens is 2. The van der Waals surface area contributed by atoms with Crippen molar-refractivity contribution in [2.45, 2.75) is 6.92 Å². The maximum atomic E-state index is 13.3. The van der Waals surface area contributed by atoms with Gasteiger partial charge in [0.05, 0.1) is 26.6 Å². The van der Waals surface area contributed by atoms with Gasteiger partial charge in [-0.3, -0.25) is 9.36 Å². The highest BCUT2D eigenvalue weighted by Crippen LogP contribution is 2.29. The molecule has 0 bridgehead atoms. The van der Waals surface area contributed by atoms with E-state index < -0.39 is 0 Å². The van der Waals surface area contributed by atoms with Crippen LogP contribution in [0.4, 0.5) is 0 Å². The fraction of sp³-hybridized carbons (Fsp3) is 0.0455. The van der Waals surface area contributed by atoms with Crippen LogP contribution in [0.1, 0.15) is 17.2 Å². The molecule has 0 atom stereocenters. The first-order chi connectivity index (χ1) is 14.0. The second kappa shape index (κ2) is 7.70. The van der Waals surface area contributed by atoms with Gasteiger partial charge in [-0.2, -0.15) is 0 Å². The largest absolute Gasteiger partial charge is 0.506 e. The number of hydrogen-bond acceptors (Lipinski definition) is 4. The molecule has 2 heterocycles. The van der Waals surface area contributed by atoms with Crippen molar-refractivity contribution in [1.29, 1.82) is 0 Å². The molecule has 0 saturated heterocycles. The summed E-state index contributed by atoms with van der Waals surface area (Å²) in [6.07, 6.45) is 1.38. The van der Waals surface area contributed by atoms with Crippen LogP contribution in [-0.2, 0) is 0 Å². The van der Waals surface area contributed by atoms with E-state index in [0.717, 1.165) is 5.69 Å². The summed E-state index contributed by atoms with van der Waals surface area (Å²) in [5, 5.41) is 11.6. The fourth-order valence-corrected chi connectivity index (χ4v) is 3.61. The van der Waals surface area contributed by atoms with Crippen molar-refractivity contribution in [2.75, 3.05) is 0 Å². The molecule has 0 aliphatic heterocycles. The SMILES string of the molecule is Cc1cccc(/C(O)=C/c2nc3ccccc3c(=O)n2-c2c(Cl)cccc2Cl)n1. The number of aliphatic hydroxyl groups is 1. The van der Waals surface area contributed by atoms with Crippen molar-refractivity contribution >= 4 is 45.9 Å². The minimum atomic E-state index is -0.346. The second-order valence-corrected chi connectivity index (χ2v) is 7.21. The van der Waals surface area contributed by atoms with Gasteiger partial charge in [-0.1, -0.05) is 47.5 Å². The molecule has 4 aromatic rings. The van der Waals surface area contributed by atoms with Crippen molar-refractivity contribution in [3.8, 4) is 5.69 Å². The van der Waals surface area contributed by atoms with Gasteiger partial charge >= 0.3 is 0 Å². The Bertz CT molecular complexity index is 1310. The highest BCUT2D eigenvalue weighted by molar-refractivity contribution is 6.37. The minimum absolute atomic E-state index is 0.132. The highest BCUT2D eigenvalue weighted by Gasteiger charge is 2.17. The lowest BCUT2D eigenvalue weighted by Gasteiger charge is -2.14. The van der Waals surface area contributed by atoms with E-state index in [1.165, 1.54) is 10.6 Å². The Morgan fingerprint density at radius 2 is 1.66 bits per heavy atom. The fourth-order valence-electron chi connectivity index (χ4n) is 3.05. The Balaban J connectivity index is 2.05. The molecule has 0 unspecified atom stereocenters. The lowest BCUT2D eigenvalue weighted by molar-refractivity contribution is 0.511. The molecule has 4 rings (SSSR count). The maximum absolute atomic E-state index is 13.3. The van der Waals surface area contributed by atoms with Crippen LogP contribution >= 0.6 is 23.2 Å². The topological polar surface area (TPSA) is 68.0 Å². The summed E-state index contributed by atoms with van der Waals surface area (Å²) in [6.45, 7) is 1.82. The number of rotatable bonds is 3. The summed E-state index contributed by atoms with van der Waals surface area (Å²) in [6, 6.07) is 17.2. The summed E-state index contributed by atoms with van der Waals surface area (Å²) in [7, 11) is 0. The van der Waals surface area contributed by atoms with Gasteiger partial charge in [-0.05, 0) is 43.3 Å². The van der Waals surface area contributed by atoms with Gasteiger partial charge in [0, 0.05) is 11.8 Å². The average Bonchev–Trinajstić information content (AvgIpc) is 2.70. The third-order valence-corrected chi connectivity index (χ3v) is 4.99. The van der Waals surface area contributed by atoms with E-state index in [9.17, 15) is 9.90 Å². The number of fused-ring (bicyclic) bond motifs is 1. The molecule has 1 N–H and O–H groups in total. The normalized spacial score (nSPS) is 11.8. The third kappa shape index (κ3) is 3.62. The number of aromatic nitrogens is 3. The molecular formula is C22H15Cl2N3O2. The van der Waals surface area contributed by atoms with E-state index >= 15 is 0 Å². The van der Waals surface area contributed by atoms with Crippen LogP contribution in [0.3, 0.4) is 0 Å². The molecule has 0 aliphatic rings. The average molecular weight is 424 g/mol.